The normalized spacial score (nSPS) is 18.6. The van der Waals surface area contributed by atoms with E-state index in [1.54, 1.807) is 24.4 Å². The van der Waals surface area contributed by atoms with E-state index in [2.05, 4.69) is 10.3 Å². The van der Waals surface area contributed by atoms with Crippen molar-refractivity contribution in [3.05, 3.63) is 40.6 Å². The van der Waals surface area contributed by atoms with E-state index in [1.165, 1.54) is 6.07 Å². The summed E-state index contributed by atoms with van der Waals surface area (Å²) in [5.41, 5.74) is 0.378. The van der Waals surface area contributed by atoms with Gasteiger partial charge < -0.3 is 10.1 Å². The molecule has 0 bridgehead atoms. The van der Waals surface area contributed by atoms with Crippen LogP contribution in [0.5, 0.6) is 5.75 Å². The molecule has 98 valence electrons. The number of pyridine rings is 1. The number of nitrogens with one attached hydrogen (secondary N) is 1. The predicted molar refractivity (Wildman–Crippen MR) is 70.3 cm³/mol. The fourth-order valence-electron chi connectivity index (χ4n) is 2.29. The Balaban J connectivity index is 2.05. The number of ether oxygens (including phenoxy) is 1. The van der Waals surface area contributed by atoms with E-state index in [1.807, 2.05) is 0 Å². The van der Waals surface area contributed by atoms with Gasteiger partial charge in [0.05, 0.1) is 4.92 Å². The third kappa shape index (κ3) is 2.22. The lowest BCUT2D eigenvalue weighted by Gasteiger charge is -2.14. The van der Waals surface area contributed by atoms with Crippen molar-refractivity contribution >= 4 is 16.6 Å². The van der Waals surface area contributed by atoms with Gasteiger partial charge in [-0.3, -0.25) is 10.1 Å². The molecule has 1 aliphatic rings. The third-order valence-corrected chi connectivity index (χ3v) is 3.21. The number of rotatable bonds is 3. The highest BCUT2D eigenvalue weighted by Gasteiger charge is 2.20. The van der Waals surface area contributed by atoms with Gasteiger partial charge in [0, 0.05) is 24.2 Å². The molecule has 1 saturated heterocycles. The lowest BCUT2D eigenvalue weighted by atomic mass is 10.1. The summed E-state index contributed by atoms with van der Waals surface area (Å²) in [6.07, 6.45) is 2.61. The Bertz CT molecular complexity index is 624. The largest absolute Gasteiger partial charge is 0.488 e. The van der Waals surface area contributed by atoms with Crippen molar-refractivity contribution in [2.75, 3.05) is 13.1 Å². The quantitative estimate of drug-likeness (QED) is 0.672. The van der Waals surface area contributed by atoms with E-state index in [-0.39, 0.29) is 11.8 Å². The summed E-state index contributed by atoms with van der Waals surface area (Å²) >= 11 is 0. The smallest absolute Gasteiger partial charge is 0.295 e. The second kappa shape index (κ2) is 4.81. The van der Waals surface area contributed by atoms with Gasteiger partial charge in [-0.1, -0.05) is 0 Å². The van der Waals surface area contributed by atoms with Crippen molar-refractivity contribution in [1.82, 2.24) is 10.3 Å². The van der Waals surface area contributed by atoms with Crippen LogP contribution in [0, 0.1) is 10.1 Å². The summed E-state index contributed by atoms with van der Waals surface area (Å²) in [7, 11) is 0. The summed E-state index contributed by atoms with van der Waals surface area (Å²) in [5, 5.41) is 14.9. The van der Waals surface area contributed by atoms with Gasteiger partial charge in [0.25, 0.3) is 5.69 Å². The summed E-state index contributed by atoms with van der Waals surface area (Å²) in [6.45, 7) is 1.74. The Morgan fingerprint density at radius 3 is 3.05 bits per heavy atom. The van der Waals surface area contributed by atoms with Gasteiger partial charge >= 0.3 is 0 Å². The number of hydrogen-bond donors (Lipinski definition) is 1. The first-order valence-corrected chi connectivity index (χ1v) is 6.15. The molecule has 1 aromatic carbocycles. The van der Waals surface area contributed by atoms with E-state index < -0.39 is 4.92 Å². The van der Waals surface area contributed by atoms with E-state index in [0.29, 0.717) is 16.7 Å². The van der Waals surface area contributed by atoms with Crippen LogP contribution in [0.15, 0.2) is 30.5 Å². The van der Waals surface area contributed by atoms with Crippen molar-refractivity contribution in [3.63, 3.8) is 0 Å². The number of nitro benzene ring substituents is 1. The Hall–Kier alpha value is -2.21. The topological polar surface area (TPSA) is 77.3 Å². The van der Waals surface area contributed by atoms with Gasteiger partial charge in [0.15, 0.2) is 5.52 Å². The van der Waals surface area contributed by atoms with Gasteiger partial charge in [0.2, 0.25) is 0 Å². The van der Waals surface area contributed by atoms with Crippen LogP contribution in [0.25, 0.3) is 10.9 Å². The Kier molecular flexibility index (Phi) is 3.00. The van der Waals surface area contributed by atoms with Crippen molar-refractivity contribution < 1.29 is 9.66 Å². The van der Waals surface area contributed by atoms with Crippen LogP contribution in [0.2, 0.25) is 0 Å². The van der Waals surface area contributed by atoms with Crippen LogP contribution in [-0.2, 0) is 0 Å². The minimum Gasteiger partial charge on any atom is -0.488 e. The molecule has 2 aromatic rings. The maximum Gasteiger partial charge on any atom is 0.295 e. The zero-order valence-corrected chi connectivity index (χ0v) is 10.2. The molecule has 6 heteroatoms. The van der Waals surface area contributed by atoms with Gasteiger partial charge in [-0.15, -0.1) is 0 Å². The van der Waals surface area contributed by atoms with Crippen LogP contribution < -0.4 is 10.1 Å². The molecule has 6 nitrogen and oxygen atoms in total. The second-order valence-electron chi connectivity index (χ2n) is 4.47. The number of benzene rings is 1. The van der Waals surface area contributed by atoms with Gasteiger partial charge in [0.1, 0.15) is 11.9 Å². The van der Waals surface area contributed by atoms with Crippen LogP contribution in [0.4, 0.5) is 5.69 Å². The number of aromatic nitrogens is 1. The van der Waals surface area contributed by atoms with E-state index in [9.17, 15) is 10.1 Å². The molecular weight excluding hydrogens is 246 g/mol. The highest BCUT2D eigenvalue weighted by atomic mass is 16.6. The maximum atomic E-state index is 11.0. The first kappa shape index (κ1) is 11.9. The molecule has 2 heterocycles. The highest BCUT2D eigenvalue weighted by Crippen LogP contribution is 2.32. The van der Waals surface area contributed by atoms with E-state index in [4.69, 9.17) is 4.74 Å². The Labute approximate surface area is 109 Å². The zero-order chi connectivity index (χ0) is 13.2. The average molecular weight is 259 g/mol. The molecule has 19 heavy (non-hydrogen) atoms. The van der Waals surface area contributed by atoms with E-state index in [0.717, 1.165) is 19.5 Å². The maximum absolute atomic E-state index is 11.0. The minimum absolute atomic E-state index is 0.00694. The number of nitro groups is 1. The summed E-state index contributed by atoms with van der Waals surface area (Å²) in [5.74, 6) is 0.655. The predicted octanol–water partition coefficient (Wildman–Crippen LogP) is 1.88. The molecule has 0 saturated carbocycles. The van der Waals surface area contributed by atoms with Gasteiger partial charge in [-0.25, -0.2) is 4.98 Å². The number of nitrogens with zero attached hydrogens (tertiary/aromatic N) is 2. The standard InChI is InChI=1S/C13H13N3O3/c17-16(18)11-3-4-12(19-9-5-7-14-8-9)10-2-1-6-15-13(10)11/h1-4,6,9,14H,5,7-8H2/t9-/m0/s1. The lowest BCUT2D eigenvalue weighted by Crippen LogP contribution is -2.19. The molecule has 0 unspecified atom stereocenters. The summed E-state index contributed by atoms with van der Waals surface area (Å²) in [4.78, 5) is 14.7. The number of non-ortho nitro benzene ring substituents is 1. The second-order valence-corrected chi connectivity index (χ2v) is 4.47. The first-order valence-electron chi connectivity index (χ1n) is 6.15. The molecule has 3 rings (SSSR count). The third-order valence-electron chi connectivity index (χ3n) is 3.21. The van der Waals surface area contributed by atoms with Crippen LogP contribution >= 0.6 is 0 Å². The Morgan fingerprint density at radius 1 is 1.42 bits per heavy atom. The van der Waals surface area contributed by atoms with E-state index >= 15 is 0 Å². The molecule has 0 amide bonds. The Morgan fingerprint density at radius 2 is 2.32 bits per heavy atom. The number of hydrogen-bond acceptors (Lipinski definition) is 5. The van der Waals surface area contributed by atoms with Crippen LogP contribution in [0.3, 0.4) is 0 Å². The van der Waals surface area contributed by atoms with Crippen LogP contribution in [0.1, 0.15) is 6.42 Å². The van der Waals surface area contributed by atoms with Crippen molar-refractivity contribution in [2.45, 2.75) is 12.5 Å². The van der Waals surface area contributed by atoms with Crippen molar-refractivity contribution in [1.29, 1.82) is 0 Å². The van der Waals surface area contributed by atoms with Crippen LogP contribution in [-0.4, -0.2) is 29.1 Å². The molecule has 0 radical (unpaired) electrons. The average Bonchev–Trinajstić information content (AvgIpc) is 2.91. The van der Waals surface area contributed by atoms with Gasteiger partial charge in [-0.05, 0) is 31.2 Å². The van der Waals surface area contributed by atoms with Crippen molar-refractivity contribution in [3.8, 4) is 5.75 Å². The molecule has 0 aliphatic carbocycles. The highest BCUT2D eigenvalue weighted by molar-refractivity contribution is 5.92. The molecule has 1 atom stereocenters. The fourth-order valence-corrected chi connectivity index (χ4v) is 2.29. The number of fused-ring (bicyclic) bond motifs is 1. The first-order chi connectivity index (χ1) is 9.25. The molecule has 0 spiro atoms. The summed E-state index contributed by atoms with van der Waals surface area (Å²) < 4.78 is 5.90. The lowest BCUT2D eigenvalue weighted by molar-refractivity contribution is -0.383. The zero-order valence-electron chi connectivity index (χ0n) is 10.2. The minimum atomic E-state index is -0.420. The molecule has 1 N–H and O–H groups in total. The monoisotopic (exact) mass is 259 g/mol. The fraction of sp³-hybridized carbons (Fsp3) is 0.308. The molecular formula is C13H13N3O3. The molecule has 1 aromatic heterocycles. The van der Waals surface area contributed by atoms with Gasteiger partial charge in [-0.2, -0.15) is 0 Å². The van der Waals surface area contributed by atoms with Crippen molar-refractivity contribution in [2.24, 2.45) is 0 Å². The summed E-state index contributed by atoms with van der Waals surface area (Å²) in [6, 6.07) is 6.66. The molecule has 1 aliphatic heterocycles. The SMILES string of the molecule is O=[N+]([O-])c1ccc(O[C@H]2CCNC2)c2cccnc12. The molecule has 1 fully saturated rings.